The van der Waals surface area contributed by atoms with Crippen LogP contribution in [0.25, 0.3) is 22.5 Å². The molecule has 0 radical (unpaired) electrons. The van der Waals surface area contributed by atoms with Crippen molar-refractivity contribution in [2.75, 3.05) is 11.9 Å². The number of aromatic amines is 1. The molecule has 5 rings (SSSR count). The minimum atomic E-state index is -5.44. The number of alkyl halides is 4. The van der Waals surface area contributed by atoms with Gasteiger partial charge >= 0.3 is 17.8 Å². The van der Waals surface area contributed by atoms with Crippen molar-refractivity contribution in [3.05, 3.63) is 89.7 Å². The maximum Gasteiger partial charge on any atom is 0.411 e. The fourth-order valence-electron chi connectivity index (χ4n) is 5.91. The quantitative estimate of drug-likeness (QED) is 0.109. The Kier molecular flexibility index (Phi) is 10.8. The van der Waals surface area contributed by atoms with Gasteiger partial charge in [-0.05, 0) is 85.2 Å². The summed E-state index contributed by atoms with van der Waals surface area (Å²) in [6.07, 6.45) is 3.00. The van der Waals surface area contributed by atoms with Crippen molar-refractivity contribution in [3.8, 4) is 22.5 Å². The number of hydrogen-bond donors (Lipinski definition) is 6. The molecule has 1 heterocycles. The van der Waals surface area contributed by atoms with Crippen LogP contribution in [0, 0.1) is 11.8 Å². The third-order valence-electron chi connectivity index (χ3n) is 8.94. The first-order valence-corrected chi connectivity index (χ1v) is 16.0. The molecule has 1 saturated carbocycles. The van der Waals surface area contributed by atoms with E-state index in [1.54, 1.807) is 53.6 Å². The lowest BCUT2D eigenvalue weighted by atomic mass is 9.81. The molecule has 8 N–H and O–H groups in total. The normalized spacial score (nSPS) is 17.0. The molecular formula is C35H35F4N7O5. The number of aromatic nitrogens is 3. The van der Waals surface area contributed by atoms with Crippen LogP contribution in [-0.2, 0) is 26.7 Å². The molecule has 1 unspecified atom stereocenters. The Hall–Kier alpha value is -5.64. The first-order chi connectivity index (χ1) is 24.2. The van der Waals surface area contributed by atoms with Gasteiger partial charge in [-0.1, -0.05) is 42.5 Å². The van der Waals surface area contributed by atoms with Crippen LogP contribution in [0.5, 0.6) is 0 Å². The van der Waals surface area contributed by atoms with E-state index in [1.165, 1.54) is 24.3 Å². The topological polar surface area (TPSA) is 206 Å². The largest absolute Gasteiger partial charge is 0.477 e. The van der Waals surface area contributed by atoms with E-state index in [9.17, 15) is 36.7 Å². The number of nitrogens with one attached hydrogen (secondary N) is 3. The molecule has 0 spiro atoms. The SMILES string of the molecule is NCC1CCC(C(=O)NC(Cc2ccc(-c3ccccc3C(N)=O)cc2)C(=O)Nc2ccc(-c3n[nH]c(C(F)(F)C(F)(F)C(=O)O)n3)cc2)CC1. The molecule has 1 aliphatic carbocycles. The second-order valence-corrected chi connectivity index (χ2v) is 12.4. The standard InChI is InChI=1S/C35H35F4N7O5/c36-34(37,35(38,39)33(50)51)32-44-29(45-46-32)22-13-15-24(16-14-22)42-31(49)27(43-30(48)23-11-7-20(18-40)8-12-23)17-19-5-9-21(10-6-19)25-3-1-2-4-26(25)28(41)47/h1-6,9-10,13-16,20,23,27H,7-8,11-12,17-18,40H2,(H2,41,47)(H,42,49)(H,43,48)(H,50,51)(H,44,45,46). The van der Waals surface area contributed by atoms with E-state index in [0.29, 0.717) is 42.0 Å². The Labute approximate surface area is 289 Å². The monoisotopic (exact) mass is 709 g/mol. The van der Waals surface area contributed by atoms with E-state index in [0.717, 1.165) is 18.4 Å². The number of carboxylic acid groups (broad SMARTS) is 1. The van der Waals surface area contributed by atoms with Gasteiger partial charge in [0.2, 0.25) is 23.5 Å². The lowest BCUT2D eigenvalue weighted by molar-refractivity contribution is -0.231. The Morgan fingerprint density at radius 3 is 2.14 bits per heavy atom. The van der Waals surface area contributed by atoms with Gasteiger partial charge in [-0.3, -0.25) is 19.5 Å². The molecule has 4 aromatic rings. The summed E-state index contributed by atoms with van der Waals surface area (Å²) in [5.74, 6) is -17.0. The van der Waals surface area contributed by atoms with E-state index < -0.39 is 47.3 Å². The fourth-order valence-corrected chi connectivity index (χ4v) is 5.91. The molecule has 51 heavy (non-hydrogen) atoms. The summed E-state index contributed by atoms with van der Waals surface area (Å²) in [5, 5.41) is 19.3. The number of primary amides is 1. The predicted molar refractivity (Wildman–Crippen MR) is 177 cm³/mol. The number of hydrogen-bond acceptors (Lipinski definition) is 7. The molecule has 0 bridgehead atoms. The highest BCUT2D eigenvalue weighted by Crippen LogP contribution is 2.42. The van der Waals surface area contributed by atoms with Gasteiger partial charge < -0.3 is 27.2 Å². The van der Waals surface area contributed by atoms with Crippen molar-refractivity contribution in [1.82, 2.24) is 20.5 Å². The lowest BCUT2D eigenvalue weighted by Crippen LogP contribution is -2.48. The van der Waals surface area contributed by atoms with E-state index in [-0.39, 0.29) is 29.5 Å². The molecule has 1 fully saturated rings. The number of carboxylic acids is 1. The van der Waals surface area contributed by atoms with Crippen molar-refractivity contribution in [2.45, 2.75) is 50.0 Å². The lowest BCUT2D eigenvalue weighted by Gasteiger charge is -2.28. The van der Waals surface area contributed by atoms with Crippen LogP contribution in [0.4, 0.5) is 23.2 Å². The second-order valence-electron chi connectivity index (χ2n) is 12.4. The smallest absolute Gasteiger partial charge is 0.411 e. The van der Waals surface area contributed by atoms with Gasteiger partial charge in [0.1, 0.15) is 6.04 Å². The zero-order valence-corrected chi connectivity index (χ0v) is 27.0. The van der Waals surface area contributed by atoms with Crippen LogP contribution in [0.3, 0.4) is 0 Å². The molecule has 1 aromatic heterocycles. The number of aliphatic carboxylic acids is 1. The van der Waals surface area contributed by atoms with Crippen LogP contribution in [0.15, 0.2) is 72.8 Å². The van der Waals surface area contributed by atoms with Crippen molar-refractivity contribution < 1.29 is 41.8 Å². The summed E-state index contributed by atoms with van der Waals surface area (Å²) in [5.41, 5.74) is 14.1. The number of benzene rings is 3. The molecule has 1 atom stereocenters. The van der Waals surface area contributed by atoms with Gasteiger partial charge in [-0.2, -0.15) is 22.7 Å². The van der Waals surface area contributed by atoms with Gasteiger partial charge in [0.25, 0.3) is 0 Å². The van der Waals surface area contributed by atoms with Crippen molar-refractivity contribution in [1.29, 1.82) is 0 Å². The Morgan fingerprint density at radius 1 is 0.902 bits per heavy atom. The van der Waals surface area contributed by atoms with E-state index in [1.807, 2.05) is 0 Å². The first kappa shape index (κ1) is 36.6. The van der Waals surface area contributed by atoms with Crippen LogP contribution < -0.4 is 22.1 Å². The van der Waals surface area contributed by atoms with Gasteiger partial charge in [0, 0.05) is 29.2 Å². The zero-order valence-electron chi connectivity index (χ0n) is 27.0. The summed E-state index contributed by atoms with van der Waals surface area (Å²) >= 11 is 0. The highest BCUT2D eigenvalue weighted by Gasteiger charge is 2.65. The highest BCUT2D eigenvalue weighted by molar-refractivity contribution is 6.00. The van der Waals surface area contributed by atoms with Crippen molar-refractivity contribution in [3.63, 3.8) is 0 Å². The molecule has 3 aromatic carbocycles. The maximum absolute atomic E-state index is 14.2. The minimum Gasteiger partial charge on any atom is -0.477 e. The molecule has 0 aliphatic heterocycles. The van der Waals surface area contributed by atoms with Crippen molar-refractivity contribution in [2.24, 2.45) is 23.3 Å². The fraction of sp³-hybridized carbons (Fsp3) is 0.314. The number of halogens is 4. The summed E-state index contributed by atoms with van der Waals surface area (Å²) in [7, 11) is 0. The molecule has 16 heteroatoms. The zero-order chi connectivity index (χ0) is 36.9. The number of anilines is 1. The van der Waals surface area contributed by atoms with Gasteiger partial charge in [-0.15, -0.1) is 0 Å². The van der Waals surface area contributed by atoms with E-state index >= 15 is 0 Å². The summed E-state index contributed by atoms with van der Waals surface area (Å²) < 4.78 is 55.6. The van der Waals surface area contributed by atoms with Crippen LogP contribution in [-0.4, -0.2) is 62.5 Å². The third-order valence-corrected chi connectivity index (χ3v) is 8.94. The molecule has 1 aliphatic rings. The average Bonchev–Trinajstić information content (AvgIpc) is 3.63. The Balaban J connectivity index is 1.32. The first-order valence-electron chi connectivity index (χ1n) is 16.0. The summed E-state index contributed by atoms with van der Waals surface area (Å²) in [6, 6.07) is 18.5. The van der Waals surface area contributed by atoms with Gasteiger partial charge in [0.05, 0.1) is 0 Å². The van der Waals surface area contributed by atoms with Gasteiger partial charge in [-0.25, -0.2) is 9.78 Å². The average molecular weight is 710 g/mol. The van der Waals surface area contributed by atoms with E-state index in [2.05, 4.69) is 20.7 Å². The Morgan fingerprint density at radius 2 is 1.53 bits per heavy atom. The predicted octanol–water partition coefficient (Wildman–Crippen LogP) is 4.48. The maximum atomic E-state index is 14.2. The molecule has 0 saturated heterocycles. The molecule has 268 valence electrons. The van der Waals surface area contributed by atoms with Crippen LogP contribution in [0.2, 0.25) is 0 Å². The van der Waals surface area contributed by atoms with Crippen LogP contribution >= 0.6 is 0 Å². The van der Waals surface area contributed by atoms with Gasteiger partial charge in [0.15, 0.2) is 5.82 Å². The Bertz CT molecular complexity index is 1890. The molecule has 12 nitrogen and oxygen atoms in total. The third kappa shape index (κ3) is 8.06. The number of rotatable bonds is 13. The number of carbonyl (C=O) groups excluding carboxylic acids is 3. The van der Waals surface area contributed by atoms with E-state index in [4.69, 9.17) is 16.6 Å². The molecular weight excluding hydrogens is 674 g/mol. The number of carbonyl (C=O) groups is 4. The summed E-state index contributed by atoms with van der Waals surface area (Å²) in [4.78, 5) is 53.0. The molecule has 3 amide bonds. The second kappa shape index (κ2) is 15.1. The number of amides is 3. The van der Waals surface area contributed by atoms with Crippen LogP contribution in [0.1, 0.15) is 47.4 Å². The minimum absolute atomic E-state index is 0.0980. The highest BCUT2D eigenvalue weighted by atomic mass is 19.3. The number of nitrogens with two attached hydrogens (primary N) is 2. The number of H-pyrrole nitrogens is 1. The van der Waals surface area contributed by atoms with Crippen molar-refractivity contribution >= 4 is 29.4 Å². The summed E-state index contributed by atoms with van der Waals surface area (Å²) in [6.45, 7) is 0.544. The number of nitrogens with zero attached hydrogens (tertiary/aromatic N) is 2.